The molecule has 1 aromatic heterocycles. The van der Waals surface area contributed by atoms with E-state index in [4.69, 9.17) is 0 Å². The fraction of sp³-hybridized carbons (Fsp3) is 0.438. The van der Waals surface area contributed by atoms with Crippen molar-refractivity contribution in [1.82, 2.24) is 15.1 Å². The van der Waals surface area contributed by atoms with Gasteiger partial charge in [-0.15, -0.1) is 0 Å². The number of hydrogen-bond donors (Lipinski definition) is 2. The molecule has 3 rings (SSSR count). The zero-order chi connectivity index (χ0) is 13.8. The SMILES string of the molecule is OC1CC(CNCc2cnn(Cc3ccccc3)c2)C1. The van der Waals surface area contributed by atoms with Gasteiger partial charge < -0.3 is 10.4 Å². The summed E-state index contributed by atoms with van der Waals surface area (Å²) in [6, 6.07) is 10.4. The predicted octanol–water partition coefficient (Wildman–Crippen LogP) is 1.79. The summed E-state index contributed by atoms with van der Waals surface area (Å²) in [6.07, 6.45) is 5.84. The molecular weight excluding hydrogens is 250 g/mol. The van der Waals surface area contributed by atoms with Gasteiger partial charge in [-0.2, -0.15) is 5.10 Å². The maximum absolute atomic E-state index is 9.24. The van der Waals surface area contributed by atoms with E-state index in [2.05, 4.69) is 28.7 Å². The molecule has 0 spiro atoms. The highest BCUT2D eigenvalue weighted by molar-refractivity contribution is 5.15. The van der Waals surface area contributed by atoms with Crippen LogP contribution in [0.15, 0.2) is 42.7 Å². The van der Waals surface area contributed by atoms with Gasteiger partial charge in [0.1, 0.15) is 0 Å². The lowest BCUT2D eigenvalue weighted by Crippen LogP contribution is -2.35. The molecule has 2 N–H and O–H groups in total. The maximum Gasteiger partial charge on any atom is 0.0659 e. The summed E-state index contributed by atoms with van der Waals surface area (Å²) in [4.78, 5) is 0. The van der Waals surface area contributed by atoms with Crippen molar-refractivity contribution < 1.29 is 5.11 Å². The van der Waals surface area contributed by atoms with Crippen LogP contribution >= 0.6 is 0 Å². The van der Waals surface area contributed by atoms with Crippen LogP contribution in [0.5, 0.6) is 0 Å². The van der Waals surface area contributed by atoms with Crippen LogP contribution in [0.4, 0.5) is 0 Å². The molecule has 20 heavy (non-hydrogen) atoms. The molecule has 1 aromatic carbocycles. The standard InChI is InChI=1S/C16H21N3O/c20-16-6-14(7-16)8-17-9-15-10-18-19(12-15)11-13-4-2-1-3-5-13/h1-5,10,12,14,16-17,20H,6-9,11H2. The number of rotatable bonds is 6. The summed E-state index contributed by atoms with van der Waals surface area (Å²) in [7, 11) is 0. The second-order valence-corrected chi connectivity index (χ2v) is 5.65. The average Bonchev–Trinajstić information content (AvgIpc) is 2.85. The van der Waals surface area contributed by atoms with Gasteiger partial charge in [0, 0.05) is 18.3 Å². The first-order chi connectivity index (χ1) is 9.79. The normalized spacial score (nSPS) is 21.6. The Morgan fingerprint density at radius 3 is 2.75 bits per heavy atom. The molecule has 0 unspecified atom stereocenters. The molecule has 0 saturated heterocycles. The first-order valence-electron chi connectivity index (χ1n) is 7.23. The van der Waals surface area contributed by atoms with Gasteiger partial charge in [-0.25, -0.2) is 0 Å². The molecule has 106 valence electrons. The Morgan fingerprint density at radius 2 is 2.00 bits per heavy atom. The van der Waals surface area contributed by atoms with Crippen molar-refractivity contribution >= 4 is 0 Å². The molecule has 1 saturated carbocycles. The minimum Gasteiger partial charge on any atom is -0.393 e. The molecule has 0 aliphatic heterocycles. The minimum absolute atomic E-state index is 0.0598. The topological polar surface area (TPSA) is 50.1 Å². The Balaban J connectivity index is 1.45. The van der Waals surface area contributed by atoms with Crippen molar-refractivity contribution in [3.63, 3.8) is 0 Å². The summed E-state index contributed by atoms with van der Waals surface area (Å²) in [5.74, 6) is 0.643. The molecule has 4 nitrogen and oxygen atoms in total. The Kier molecular flexibility index (Phi) is 4.14. The van der Waals surface area contributed by atoms with E-state index in [1.165, 1.54) is 11.1 Å². The first kappa shape index (κ1) is 13.3. The van der Waals surface area contributed by atoms with Gasteiger partial charge >= 0.3 is 0 Å². The van der Waals surface area contributed by atoms with Gasteiger partial charge in [0.15, 0.2) is 0 Å². The van der Waals surface area contributed by atoms with E-state index >= 15 is 0 Å². The quantitative estimate of drug-likeness (QED) is 0.842. The van der Waals surface area contributed by atoms with Gasteiger partial charge in [0.05, 0.1) is 18.8 Å². The second-order valence-electron chi connectivity index (χ2n) is 5.65. The van der Waals surface area contributed by atoms with Gasteiger partial charge in [0.25, 0.3) is 0 Å². The highest BCUT2D eigenvalue weighted by Gasteiger charge is 2.26. The largest absolute Gasteiger partial charge is 0.393 e. The fourth-order valence-corrected chi connectivity index (χ4v) is 2.64. The number of nitrogens with zero attached hydrogens (tertiary/aromatic N) is 2. The van der Waals surface area contributed by atoms with Crippen molar-refractivity contribution in [1.29, 1.82) is 0 Å². The van der Waals surface area contributed by atoms with E-state index in [1.54, 1.807) is 0 Å². The van der Waals surface area contributed by atoms with Crippen LogP contribution in [-0.2, 0) is 13.1 Å². The molecule has 0 amide bonds. The van der Waals surface area contributed by atoms with Gasteiger partial charge in [-0.1, -0.05) is 30.3 Å². The van der Waals surface area contributed by atoms with Crippen molar-refractivity contribution in [3.8, 4) is 0 Å². The summed E-state index contributed by atoms with van der Waals surface area (Å²) in [5, 5.41) is 17.1. The van der Waals surface area contributed by atoms with Crippen molar-refractivity contribution in [3.05, 3.63) is 53.9 Å². The van der Waals surface area contributed by atoms with E-state index in [0.29, 0.717) is 5.92 Å². The third kappa shape index (κ3) is 3.46. The van der Waals surface area contributed by atoms with Crippen LogP contribution in [0.25, 0.3) is 0 Å². The van der Waals surface area contributed by atoms with Crippen LogP contribution in [0.2, 0.25) is 0 Å². The Bertz CT molecular complexity index is 532. The highest BCUT2D eigenvalue weighted by Crippen LogP contribution is 2.26. The molecule has 0 radical (unpaired) electrons. The molecule has 4 heteroatoms. The number of aliphatic hydroxyl groups excluding tert-OH is 1. The molecule has 1 aliphatic carbocycles. The second kappa shape index (κ2) is 6.20. The number of hydrogen-bond acceptors (Lipinski definition) is 3. The van der Waals surface area contributed by atoms with Crippen LogP contribution in [0.3, 0.4) is 0 Å². The van der Waals surface area contributed by atoms with Crippen LogP contribution in [0.1, 0.15) is 24.0 Å². The number of aromatic nitrogens is 2. The van der Waals surface area contributed by atoms with E-state index in [1.807, 2.05) is 29.1 Å². The monoisotopic (exact) mass is 271 g/mol. The maximum atomic E-state index is 9.24. The minimum atomic E-state index is -0.0598. The molecule has 1 fully saturated rings. The van der Waals surface area contributed by atoms with Gasteiger partial charge in [-0.05, 0) is 30.9 Å². The van der Waals surface area contributed by atoms with Gasteiger partial charge in [-0.3, -0.25) is 4.68 Å². The average molecular weight is 271 g/mol. The zero-order valence-electron chi connectivity index (χ0n) is 11.6. The lowest BCUT2D eigenvalue weighted by Gasteiger charge is -2.31. The van der Waals surface area contributed by atoms with Crippen LogP contribution in [-0.4, -0.2) is 27.5 Å². The van der Waals surface area contributed by atoms with Crippen LogP contribution in [0, 0.1) is 5.92 Å². The van der Waals surface area contributed by atoms with Crippen molar-refractivity contribution in [2.24, 2.45) is 5.92 Å². The highest BCUT2D eigenvalue weighted by atomic mass is 16.3. The fourth-order valence-electron chi connectivity index (χ4n) is 2.64. The van der Waals surface area contributed by atoms with Gasteiger partial charge in [0.2, 0.25) is 0 Å². The summed E-state index contributed by atoms with van der Waals surface area (Å²) in [5.41, 5.74) is 2.47. The zero-order valence-corrected chi connectivity index (χ0v) is 11.6. The third-order valence-electron chi connectivity index (χ3n) is 3.85. The van der Waals surface area contributed by atoms with Crippen molar-refractivity contribution in [2.75, 3.05) is 6.54 Å². The van der Waals surface area contributed by atoms with Crippen LogP contribution < -0.4 is 5.32 Å². The van der Waals surface area contributed by atoms with E-state index in [0.717, 1.165) is 32.5 Å². The third-order valence-corrected chi connectivity index (χ3v) is 3.85. The first-order valence-corrected chi connectivity index (χ1v) is 7.23. The number of aliphatic hydroxyl groups is 1. The van der Waals surface area contributed by atoms with E-state index in [9.17, 15) is 5.11 Å². The number of benzene rings is 1. The molecule has 0 atom stereocenters. The summed E-state index contributed by atoms with van der Waals surface area (Å²) in [6.45, 7) is 2.65. The Labute approximate surface area is 119 Å². The predicted molar refractivity (Wildman–Crippen MR) is 78.2 cm³/mol. The molecule has 2 aromatic rings. The summed E-state index contributed by atoms with van der Waals surface area (Å²) >= 11 is 0. The summed E-state index contributed by atoms with van der Waals surface area (Å²) < 4.78 is 1.97. The Morgan fingerprint density at radius 1 is 1.20 bits per heavy atom. The number of nitrogens with one attached hydrogen (secondary N) is 1. The lowest BCUT2D eigenvalue weighted by atomic mass is 9.82. The smallest absolute Gasteiger partial charge is 0.0659 e. The molecular formula is C16H21N3O. The van der Waals surface area contributed by atoms with E-state index in [-0.39, 0.29) is 6.10 Å². The molecule has 1 heterocycles. The Hall–Kier alpha value is -1.65. The lowest BCUT2D eigenvalue weighted by molar-refractivity contribution is 0.0430. The van der Waals surface area contributed by atoms with Crippen molar-refractivity contribution in [2.45, 2.75) is 32.0 Å². The van der Waals surface area contributed by atoms with E-state index < -0.39 is 0 Å². The molecule has 0 bridgehead atoms. The molecule has 1 aliphatic rings.